The summed E-state index contributed by atoms with van der Waals surface area (Å²) >= 11 is 5.87. The number of hydrogen-bond acceptors (Lipinski definition) is 6. The highest BCUT2D eigenvalue weighted by molar-refractivity contribution is 7.92. The second kappa shape index (κ2) is 7.35. The van der Waals surface area contributed by atoms with Crippen molar-refractivity contribution in [2.75, 3.05) is 11.4 Å². The van der Waals surface area contributed by atoms with Crippen LogP contribution in [0.4, 0.5) is 5.69 Å². The van der Waals surface area contributed by atoms with E-state index in [1.54, 1.807) is 38.3 Å². The molecule has 0 radical (unpaired) electrons. The number of sulfonamides is 1. The monoisotopic (exact) mass is 393 g/mol. The molecule has 0 saturated heterocycles. The van der Waals surface area contributed by atoms with E-state index in [-0.39, 0.29) is 17.3 Å². The van der Waals surface area contributed by atoms with Crippen LogP contribution in [0.2, 0.25) is 5.02 Å². The Hall–Kier alpha value is -2.58. The number of ether oxygens (including phenoxy) is 1. The van der Waals surface area contributed by atoms with Crippen molar-refractivity contribution < 1.29 is 17.6 Å². The van der Waals surface area contributed by atoms with Crippen LogP contribution in [-0.2, 0) is 16.6 Å². The fourth-order valence-electron chi connectivity index (χ4n) is 2.32. The second-order valence-corrected chi connectivity index (χ2v) is 7.68. The van der Waals surface area contributed by atoms with Crippen molar-refractivity contribution in [2.45, 2.75) is 18.4 Å². The summed E-state index contributed by atoms with van der Waals surface area (Å²) < 4.78 is 38.0. The third kappa shape index (κ3) is 3.81. The van der Waals surface area contributed by atoms with Crippen LogP contribution in [0.3, 0.4) is 0 Å². The number of nitrogens with zero attached hydrogens (tertiary/aromatic N) is 3. The lowest BCUT2D eigenvalue weighted by Gasteiger charge is -2.23. The number of aromatic nitrogens is 2. The fourth-order valence-corrected chi connectivity index (χ4v) is 3.86. The summed E-state index contributed by atoms with van der Waals surface area (Å²) in [5, 5.41) is 8.10. The minimum absolute atomic E-state index is 0.0991. The fraction of sp³-hybridized carbons (Fsp3) is 0.176. The Morgan fingerprint density at radius 3 is 2.27 bits per heavy atom. The van der Waals surface area contributed by atoms with Crippen molar-refractivity contribution in [3.05, 3.63) is 65.3 Å². The summed E-state index contributed by atoms with van der Waals surface area (Å²) in [4.78, 5) is 0.106. The highest BCUT2D eigenvalue weighted by Crippen LogP contribution is 2.28. The predicted octanol–water partition coefficient (Wildman–Crippen LogP) is 3.44. The van der Waals surface area contributed by atoms with Gasteiger partial charge in [0.1, 0.15) is 12.3 Å². The van der Waals surface area contributed by atoms with Crippen LogP contribution in [0.25, 0.3) is 0 Å². The van der Waals surface area contributed by atoms with Gasteiger partial charge in [-0.2, -0.15) is 0 Å². The van der Waals surface area contributed by atoms with Gasteiger partial charge in [-0.3, -0.25) is 4.31 Å². The molecule has 3 aromatic rings. The lowest BCUT2D eigenvalue weighted by Crippen LogP contribution is -2.30. The summed E-state index contributed by atoms with van der Waals surface area (Å²) in [6.45, 7) is 1.54. The van der Waals surface area contributed by atoms with E-state index in [1.807, 2.05) is 0 Å². The maximum atomic E-state index is 13.2. The van der Waals surface area contributed by atoms with Gasteiger partial charge in [-0.15, -0.1) is 10.2 Å². The van der Waals surface area contributed by atoms with Gasteiger partial charge < -0.3 is 9.15 Å². The Kier molecular flexibility index (Phi) is 5.15. The van der Waals surface area contributed by atoms with Crippen LogP contribution in [-0.4, -0.2) is 25.7 Å². The molecule has 7 nitrogen and oxygen atoms in total. The molecule has 0 amide bonds. The number of anilines is 1. The minimum atomic E-state index is -3.87. The van der Waals surface area contributed by atoms with Crippen LogP contribution in [0.1, 0.15) is 11.8 Å². The van der Waals surface area contributed by atoms with Gasteiger partial charge >= 0.3 is 0 Å². The summed E-state index contributed by atoms with van der Waals surface area (Å²) in [6.07, 6.45) is 0. The van der Waals surface area contributed by atoms with Gasteiger partial charge in [-0.05, 0) is 48.5 Å². The van der Waals surface area contributed by atoms with Crippen molar-refractivity contribution in [2.24, 2.45) is 0 Å². The smallest absolute Gasteiger partial charge is 0.264 e. The first-order chi connectivity index (χ1) is 12.4. The van der Waals surface area contributed by atoms with E-state index in [2.05, 4.69) is 10.2 Å². The average molecular weight is 394 g/mol. The Balaban J connectivity index is 2.04. The quantitative estimate of drug-likeness (QED) is 0.637. The molecule has 0 N–H and O–H groups in total. The third-order valence-corrected chi connectivity index (χ3v) is 5.65. The first-order valence-electron chi connectivity index (χ1n) is 7.61. The number of hydrogen-bond donors (Lipinski definition) is 0. The van der Waals surface area contributed by atoms with Gasteiger partial charge in [0, 0.05) is 11.9 Å². The number of halogens is 1. The summed E-state index contributed by atoms with van der Waals surface area (Å²) in [5.41, 5.74) is 0.441. The molecular formula is C17H16ClN3O4S. The standard InChI is InChI=1S/C17H16ClN3O4S/c1-12-19-20-17(25-12)11-21(14-5-7-15(24-2)8-6-14)26(22,23)16-9-3-13(18)4-10-16/h3-10H,11H2,1-2H3. The largest absolute Gasteiger partial charge is 0.497 e. The zero-order valence-corrected chi connectivity index (χ0v) is 15.7. The molecule has 0 atom stereocenters. The van der Waals surface area contributed by atoms with Gasteiger partial charge in [0.15, 0.2) is 0 Å². The van der Waals surface area contributed by atoms with Crippen molar-refractivity contribution in [1.29, 1.82) is 0 Å². The first-order valence-corrected chi connectivity index (χ1v) is 9.43. The van der Waals surface area contributed by atoms with Crippen LogP contribution in [0.15, 0.2) is 57.8 Å². The zero-order valence-electron chi connectivity index (χ0n) is 14.1. The number of benzene rings is 2. The number of rotatable bonds is 6. The van der Waals surface area contributed by atoms with Crippen LogP contribution < -0.4 is 9.04 Å². The molecule has 9 heteroatoms. The maximum absolute atomic E-state index is 13.2. The van der Waals surface area contributed by atoms with Crippen molar-refractivity contribution in [3.63, 3.8) is 0 Å². The maximum Gasteiger partial charge on any atom is 0.264 e. The normalized spacial score (nSPS) is 11.3. The zero-order chi connectivity index (χ0) is 18.7. The predicted molar refractivity (Wildman–Crippen MR) is 96.8 cm³/mol. The van der Waals surface area contributed by atoms with E-state index >= 15 is 0 Å². The van der Waals surface area contributed by atoms with E-state index < -0.39 is 10.0 Å². The third-order valence-electron chi connectivity index (χ3n) is 3.61. The van der Waals surface area contributed by atoms with E-state index in [9.17, 15) is 8.42 Å². The molecule has 2 aromatic carbocycles. The van der Waals surface area contributed by atoms with E-state index in [0.29, 0.717) is 22.4 Å². The Bertz CT molecular complexity index is 986. The SMILES string of the molecule is COc1ccc(N(Cc2nnc(C)o2)S(=O)(=O)c2ccc(Cl)cc2)cc1. The lowest BCUT2D eigenvalue weighted by atomic mass is 10.3. The molecule has 0 aliphatic rings. The van der Waals surface area contributed by atoms with Gasteiger partial charge in [0.25, 0.3) is 10.0 Å². The van der Waals surface area contributed by atoms with Gasteiger partial charge in [-0.25, -0.2) is 8.42 Å². The topological polar surface area (TPSA) is 85.5 Å². The lowest BCUT2D eigenvalue weighted by molar-refractivity contribution is 0.415. The molecule has 0 saturated carbocycles. The van der Waals surface area contributed by atoms with Crippen LogP contribution >= 0.6 is 11.6 Å². The summed E-state index contributed by atoms with van der Waals surface area (Å²) in [7, 11) is -2.33. The molecule has 0 unspecified atom stereocenters. The Morgan fingerprint density at radius 2 is 1.73 bits per heavy atom. The highest BCUT2D eigenvalue weighted by atomic mass is 35.5. The van der Waals surface area contributed by atoms with Crippen molar-refractivity contribution in [3.8, 4) is 5.75 Å². The molecule has 0 aliphatic carbocycles. The van der Waals surface area contributed by atoms with Crippen LogP contribution in [0, 0.1) is 6.92 Å². The second-order valence-electron chi connectivity index (χ2n) is 5.38. The van der Waals surface area contributed by atoms with Crippen molar-refractivity contribution >= 4 is 27.3 Å². The Morgan fingerprint density at radius 1 is 1.08 bits per heavy atom. The van der Waals surface area contributed by atoms with E-state index in [1.165, 1.54) is 28.6 Å². The summed E-state index contributed by atoms with van der Waals surface area (Å²) in [5.74, 6) is 1.17. The molecule has 26 heavy (non-hydrogen) atoms. The molecule has 0 fully saturated rings. The van der Waals surface area contributed by atoms with Gasteiger partial charge in [0.05, 0.1) is 17.7 Å². The molecule has 136 valence electrons. The van der Waals surface area contributed by atoms with E-state index in [4.69, 9.17) is 20.8 Å². The van der Waals surface area contributed by atoms with Crippen LogP contribution in [0.5, 0.6) is 5.75 Å². The first kappa shape index (κ1) is 18.2. The van der Waals surface area contributed by atoms with Gasteiger partial charge in [-0.1, -0.05) is 11.6 Å². The molecule has 0 spiro atoms. The summed E-state index contributed by atoms with van der Waals surface area (Å²) in [6, 6.07) is 12.6. The molecule has 1 aromatic heterocycles. The molecular weight excluding hydrogens is 378 g/mol. The molecule has 1 heterocycles. The molecule has 3 rings (SSSR count). The minimum Gasteiger partial charge on any atom is -0.497 e. The molecule has 0 aliphatic heterocycles. The average Bonchev–Trinajstić information content (AvgIpc) is 3.05. The highest BCUT2D eigenvalue weighted by Gasteiger charge is 2.27. The Labute approximate surface area is 156 Å². The van der Waals surface area contributed by atoms with Gasteiger partial charge in [0.2, 0.25) is 11.8 Å². The number of aryl methyl sites for hydroxylation is 1. The number of methoxy groups -OCH3 is 1. The van der Waals surface area contributed by atoms with Crippen molar-refractivity contribution in [1.82, 2.24) is 10.2 Å². The van der Waals surface area contributed by atoms with E-state index in [0.717, 1.165) is 0 Å². The molecule has 0 bridgehead atoms.